The second-order valence-electron chi connectivity index (χ2n) is 11.4. The van der Waals surface area contributed by atoms with Crippen LogP contribution in [0.15, 0.2) is 34.9 Å². The molecule has 12 nitrogen and oxygen atoms in total. The number of amides is 2. The summed E-state index contributed by atoms with van der Waals surface area (Å²) in [7, 11) is 1.58. The van der Waals surface area contributed by atoms with E-state index in [1.807, 2.05) is 24.3 Å². The third kappa shape index (κ3) is 7.34. The SMILES string of the molecule is COc1ccc(Cn2nc3c4c(nc(N(C(=O)OC(C)(C)C)C(=O)OC(C)(C)C)nc42)SCC(CC(=O)O)=C3)cc1. The van der Waals surface area contributed by atoms with Gasteiger partial charge in [0.1, 0.15) is 22.0 Å². The van der Waals surface area contributed by atoms with Crippen molar-refractivity contribution >= 4 is 53.0 Å². The Kier molecular flexibility index (Phi) is 8.29. The molecule has 1 aromatic carbocycles. The van der Waals surface area contributed by atoms with Crippen molar-refractivity contribution in [1.29, 1.82) is 0 Å². The van der Waals surface area contributed by atoms with Gasteiger partial charge in [-0.2, -0.15) is 10.1 Å². The van der Waals surface area contributed by atoms with Crippen molar-refractivity contribution < 1.29 is 33.7 Å². The average Bonchev–Trinajstić information content (AvgIpc) is 3.07. The molecule has 0 saturated carbocycles. The van der Waals surface area contributed by atoms with E-state index in [9.17, 15) is 19.5 Å². The number of methoxy groups -OCH3 is 1. The summed E-state index contributed by atoms with van der Waals surface area (Å²) in [5, 5.41) is 15.2. The lowest BCUT2D eigenvalue weighted by Crippen LogP contribution is -2.44. The lowest BCUT2D eigenvalue weighted by molar-refractivity contribution is -0.136. The van der Waals surface area contributed by atoms with Crippen LogP contribution in [0.1, 0.15) is 59.2 Å². The molecule has 0 spiro atoms. The van der Waals surface area contributed by atoms with Crippen molar-refractivity contribution in [2.24, 2.45) is 0 Å². The summed E-state index contributed by atoms with van der Waals surface area (Å²) in [6.07, 6.45) is -0.436. The molecule has 2 amide bonds. The summed E-state index contributed by atoms with van der Waals surface area (Å²) in [5.41, 5.74) is 0.542. The summed E-state index contributed by atoms with van der Waals surface area (Å²) < 4.78 is 17.9. The van der Waals surface area contributed by atoms with Gasteiger partial charge in [-0.25, -0.2) is 19.3 Å². The van der Waals surface area contributed by atoms with Gasteiger partial charge >= 0.3 is 18.2 Å². The van der Waals surface area contributed by atoms with Crippen LogP contribution in [0.2, 0.25) is 0 Å². The first-order chi connectivity index (χ1) is 19.1. The number of carbonyl (C=O) groups excluding carboxylic acids is 2. The van der Waals surface area contributed by atoms with E-state index >= 15 is 0 Å². The summed E-state index contributed by atoms with van der Waals surface area (Å²) in [6.45, 7) is 10.4. The maximum absolute atomic E-state index is 13.3. The van der Waals surface area contributed by atoms with Gasteiger partial charge in [0.25, 0.3) is 0 Å². The second-order valence-corrected chi connectivity index (χ2v) is 12.3. The molecule has 3 heterocycles. The van der Waals surface area contributed by atoms with Crippen molar-refractivity contribution in [3.05, 3.63) is 41.1 Å². The number of hydrogen-bond acceptors (Lipinski definition) is 10. The van der Waals surface area contributed by atoms with Crippen LogP contribution in [0.4, 0.5) is 15.5 Å². The van der Waals surface area contributed by atoms with Crippen LogP contribution >= 0.6 is 11.8 Å². The maximum Gasteiger partial charge on any atom is 0.427 e. The normalized spacial score (nSPS) is 13.3. The Balaban J connectivity index is 1.89. The van der Waals surface area contributed by atoms with Crippen LogP contribution in [0.5, 0.6) is 5.75 Å². The molecule has 0 unspecified atom stereocenters. The van der Waals surface area contributed by atoms with Gasteiger partial charge in [0, 0.05) is 5.75 Å². The van der Waals surface area contributed by atoms with Gasteiger partial charge in [-0.3, -0.25) is 4.79 Å². The fraction of sp³-hybridized carbons (Fsp3) is 0.429. The minimum absolute atomic E-state index is 0.171. The molecule has 218 valence electrons. The molecule has 0 fully saturated rings. The molecule has 0 bridgehead atoms. The third-order valence-corrected chi connectivity index (χ3v) is 6.61. The third-order valence-electron chi connectivity index (χ3n) is 5.53. The Labute approximate surface area is 241 Å². The van der Waals surface area contributed by atoms with Crippen LogP contribution in [0.3, 0.4) is 0 Å². The molecule has 3 aromatic rings. The molecule has 0 aliphatic carbocycles. The second kappa shape index (κ2) is 11.4. The first-order valence-corrected chi connectivity index (χ1v) is 13.8. The van der Waals surface area contributed by atoms with E-state index < -0.39 is 29.4 Å². The van der Waals surface area contributed by atoms with Gasteiger partial charge < -0.3 is 19.3 Å². The molecule has 0 atom stereocenters. The van der Waals surface area contributed by atoms with E-state index in [0.717, 1.165) is 5.56 Å². The molecular weight excluding hydrogens is 550 g/mol. The lowest BCUT2D eigenvalue weighted by atomic mass is 10.1. The van der Waals surface area contributed by atoms with Gasteiger partial charge in [-0.15, -0.1) is 16.7 Å². The molecule has 1 N–H and O–H groups in total. The number of carboxylic acids is 1. The number of aliphatic carboxylic acids is 1. The molecule has 1 aliphatic heterocycles. The summed E-state index contributed by atoms with van der Waals surface area (Å²) >= 11 is 1.27. The summed E-state index contributed by atoms with van der Waals surface area (Å²) in [5.74, 6) is -0.188. The van der Waals surface area contributed by atoms with Gasteiger partial charge in [0.05, 0.1) is 31.2 Å². The number of anilines is 1. The Bertz CT molecular complexity index is 1490. The fourth-order valence-electron chi connectivity index (χ4n) is 3.92. The quantitative estimate of drug-likeness (QED) is 0.366. The minimum atomic E-state index is -0.997. The average molecular weight is 584 g/mol. The zero-order valence-electron chi connectivity index (χ0n) is 24.0. The monoisotopic (exact) mass is 583 g/mol. The highest BCUT2D eigenvalue weighted by atomic mass is 32.2. The van der Waals surface area contributed by atoms with E-state index in [0.29, 0.717) is 50.3 Å². The molecule has 13 heteroatoms. The predicted octanol–water partition coefficient (Wildman–Crippen LogP) is 5.52. The number of thioether (sulfide) groups is 1. The summed E-state index contributed by atoms with van der Waals surface area (Å²) in [4.78, 5) is 48.0. The number of nitrogens with zero attached hydrogens (tertiary/aromatic N) is 5. The highest BCUT2D eigenvalue weighted by Gasteiger charge is 2.36. The Morgan fingerprint density at radius 1 is 1.00 bits per heavy atom. The van der Waals surface area contributed by atoms with E-state index in [1.54, 1.807) is 59.4 Å². The Morgan fingerprint density at radius 3 is 2.15 bits per heavy atom. The van der Waals surface area contributed by atoms with Crippen LogP contribution in [0, 0.1) is 0 Å². The minimum Gasteiger partial charge on any atom is -0.497 e. The number of aromatic nitrogens is 4. The largest absolute Gasteiger partial charge is 0.497 e. The van der Waals surface area contributed by atoms with Crippen molar-refractivity contribution in [3.63, 3.8) is 0 Å². The van der Waals surface area contributed by atoms with Crippen LogP contribution in [-0.2, 0) is 20.8 Å². The number of carbonyl (C=O) groups is 3. The standard InChI is InChI=1S/C28H33N5O7S/c1-27(2,3)39-25(36)33(26(37)40-28(4,5)6)24-29-22-21-19(12-17(13-20(34)35)15-41-23(21)30-24)31-32(22)14-16-8-10-18(38-7)11-9-16/h8-12H,13-15H2,1-7H3,(H,34,35). The van der Waals surface area contributed by atoms with Gasteiger partial charge in [0.15, 0.2) is 5.65 Å². The zero-order chi connectivity index (χ0) is 30.1. The van der Waals surface area contributed by atoms with Crippen molar-refractivity contribution in [3.8, 4) is 5.75 Å². The Morgan fingerprint density at radius 2 is 1.61 bits per heavy atom. The van der Waals surface area contributed by atoms with Crippen molar-refractivity contribution in [2.45, 2.75) is 70.7 Å². The van der Waals surface area contributed by atoms with Crippen molar-refractivity contribution in [1.82, 2.24) is 19.7 Å². The number of benzene rings is 1. The number of imide groups is 1. The molecular formula is C28H33N5O7S. The van der Waals surface area contributed by atoms with E-state index in [4.69, 9.17) is 19.3 Å². The maximum atomic E-state index is 13.3. The Hall–Kier alpha value is -4.13. The van der Waals surface area contributed by atoms with Gasteiger partial charge in [0.2, 0.25) is 5.95 Å². The van der Waals surface area contributed by atoms with E-state index in [2.05, 4.69) is 9.97 Å². The highest BCUT2D eigenvalue weighted by Crippen LogP contribution is 2.36. The zero-order valence-corrected chi connectivity index (χ0v) is 24.9. The molecule has 0 radical (unpaired) electrons. The number of ether oxygens (including phenoxy) is 3. The number of rotatable bonds is 6. The lowest BCUT2D eigenvalue weighted by Gasteiger charge is -2.27. The first-order valence-electron chi connectivity index (χ1n) is 12.8. The van der Waals surface area contributed by atoms with Gasteiger partial charge in [-0.1, -0.05) is 12.1 Å². The van der Waals surface area contributed by atoms with Crippen LogP contribution in [0.25, 0.3) is 17.1 Å². The van der Waals surface area contributed by atoms with E-state index in [-0.39, 0.29) is 12.4 Å². The molecule has 2 aromatic heterocycles. The van der Waals surface area contributed by atoms with Crippen molar-refractivity contribution in [2.75, 3.05) is 17.8 Å². The van der Waals surface area contributed by atoms with E-state index in [1.165, 1.54) is 11.8 Å². The highest BCUT2D eigenvalue weighted by molar-refractivity contribution is 7.99. The predicted molar refractivity (Wildman–Crippen MR) is 153 cm³/mol. The molecule has 4 rings (SSSR count). The van der Waals surface area contributed by atoms with Gasteiger partial charge in [-0.05, 0) is 70.9 Å². The number of hydrogen-bond donors (Lipinski definition) is 1. The fourth-order valence-corrected chi connectivity index (χ4v) is 4.92. The van der Waals surface area contributed by atoms with Crippen LogP contribution < -0.4 is 9.64 Å². The topological polar surface area (TPSA) is 146 Å². The molecule has 0 saturated heterocycles. The molecule has 1 aliphatic rings. The first kappa shape index (κ1) is 29.8. The number of carboxylic acid groups (broad SMARTS) is 1. The molecule has 41 heavy (non-hydrogen) atoms. The van der Waals surface area contributed by atoms with Crippen LogP contribution in [-0.4, -0.2) is 67.1 Å². The smallest absolute Gasteiger partial charge is 0.427 e. The summed E-state index contributed by atoms with van der Waals surface area (Å²) in [6, 6.07) is 7.42.